The van der Waals surface area contributed by atoms with Gasteiger partial charge in [-0.2, -0.15) is 0 Å². The fourth-order valence-electron chi connectivity index (χ4n) is 8.29. The molecule has 2 aromatic heterocycles. The Morgan fingerprint density at radius 2 is 1.85 bits per heavy atom. The number of nitrogens with one attached hydrogen (secondary N) is 3. The van der Waals surface area contributed by atoms with E-state index < -0.39 is 74.3 Å². The first-order valence-electron chi connectivity index (χ1n) is 20.6. The maximum absolute atomic E-state index is 14.7. The van der Waals surface area contributed by atoms with Crippen molar-refractivity contribution < 1.29 is 41.8 Å². The number of amides is 4. The lowest BCUT2D eigenvalue weighted by Crippen LogP contribution is -2.58. The number of carbonyl (C=O) groups is 4. The van der Waals surface area contributed by atoms with Crippen molar-refractivity contribution in [3.8, 4) is 22.2 Å². The normalized spacial score (nSPS) is 26.7. The Kier molecular flexibility index (Phi) is 11.1. The van der Waals surface area contributed by atoms with Gasteiger partial charge in [0.05, 0.1) is 30.1 Å². The van der Waals surface area contributed by atoms with Crippen molar-refractivity contribution in [1.29, 1.82) is 0 Å². The van der Waals surface area contributed by atoms with Gasteiger partial charge in [0.2, 0.25) is 21.8 Å². The van der Waals surface area contributed by atoms with Gasteiger partial charge in [0.25, 0.3) is 5.91 Å². The van der Waals surface area contributed by atoms with E-state index in [9.17, 15) is 27.6 Å². The molecule has 316 valence electrons. The highest BCUT2D eigenvalue weighted by Crippen LogP contribution is 2.46. The van der Waals surface area contributed by atoms with Crippen LogP contribution < -0.4 is 24.8 Å². The highest BCUT2D eigenvalue weighted by molar-refractivity contribution is 7.91. The number of aromatic nitrogens is 2. The first kappa shape index (κ1) is 41.0. The number of thiazole rings is 1. The van der Waals surface area contributed by atoms with Crippen LogP contribution in [0.3, 0.4) is 0 Å². The van der Waals surface area contributed by atoms with Gasteiger partial charge in [-0.3, -0.25) is 19.1 Å². The molecular weight excluding hydrogens is 797 g/mol. The van der Waals surface area contributed by atoms with Gasteiger partial charge in [0.1, 0.15) is 51.5 Å². The summed E-state index contributed by atoms with van der Waals surface area (Å²) in [5.74, 6) is -1.23. The van der Waals surface area contributed by atoms with E-state index in [-0.39, 0.29) is 19.4 Å². The number of hydrogen-bond donors (Lipinski definition) is 3. The summed E-state index contributed by atoms with van der Waals surface area (Å²) < 4.78 is 45.9. The fraction of sp³-hybridized carbons (Fsp3) is 0.571. The van der Waals surface area contributed by atoms with Crippen LogP contribution in [0.2, 0.25) is 0 Å². The summed E-state index contributed by atoms with van der Waals surface area (Å²) in [6.07, 6.45) is 9.73. The maximum atomic E-state index is 14.7. The number of sulfonamides is 1. The predicted octanol–water partition coefficient (Wildman–Crippen LogP) is 5.10. The van der Waals surface area contributed by atoms with Crippen LogP contribution >= 0.6 is 11.3 Å². The van der Waals surface area contributed by atoms with Crippen molar-refractivity contribution in [1.82, 2.24) is 30.2 Å². The van der Waals surface area contributed by atoms with Crippen molar-refractivity contribution in [3.05, 3.63) is 47.0 Å². The lowest BCUT2D eigenvalue weighted by atomic mass is 10.0. The Morgan fingerprint density at radius 3 is 2.59 bits per heavy atom. The minimum absolute atomic E-state index is 0.0111. The second-order valence-electron chi connectivity index (χ2n) is 17.3. The second kappa shape index (κ2) is 16.0. The van der Waals surface area contributed by atoms with Gasteiger partial charge in [-0.25, -0.2) is 23.2 Å². The lowest BCUT2D eigenvalue weighted by molar-refractivity contribution is -0.141. The molecule has 4 heterocycles. The Hall–Kier alpha value is -4.77. The van der Waals surface area contributed by atoms with E-state index >= 15 is 0 Å². The van der Waals surface area contributed by atoms with E-state index in [4.69, 9.17) is 24.2 Å². The van der Waals surface area contributed by atoms with E-state index in [0.29, 0.717) is 60.2 Å². The molecule has 1 unspecified atom stereocenters. The number of aryl methyl sites for hydroxylation is 2. The average molecular weight is 849 g/mol. The van der Waals surface area contributed by atoms with E-state index in [1.165, 1.54) is 9.78 Å². The van der Waals surface area contributed by atoms with Crippen LogP contribution in [0.25, 0.3) is 21.6 Å². The predicted molar refractivity (Wildman–Crippen MR) is 220 cm³/mol. The zero-order valence-electron chi connectivity index (χ0n) is 33.9. The standard InChI is InChI=1S/C42H52N6O9S2/c1-41(2,3)57-40(52)45-30-12-9-7-5-6-8-11-24-22-42(24,39(51)47-59(53,54)27-16-17-27)46-36(49)33-20-26(23-48(33)38(30)50)56-34-21-32(37-44-29-13-10-14-35(29)58-37)43-31-19-25(55-4)15-18-28(31)34/h8,11,15,18-19,21,24,26-27,30,33H,5-7,9-10,12-14,16-17,20,22-23H2,1-4H3,(H,45,52)(H,46,49)(H,47,51)/b11-8-/t24-,26?,30-,33-,42+/m0/s1. The molecule has 3 fully saturated rings. The van der Waals surface area contributed by atoms with Gasteiger partial charge in [0, 0.05) is 34.7 Å². The zero-order valence-corrected chi connectivity index (χ0v) is 35.5. The van der Waals surface area contributed by atoms with Crippen molar-refractivity contribution in [2.45, 2.75) is 132 Å². The number of hydrogen-bond acceptors (Lipinski definition) is 12. The molecule has 1 aromatic carbocycles. The number of ether oxygens (including phenoxy) is 3. The molecule has 0 spiro atoms. The summed E-state index contributed by atoms with van der Waals surface area (Å²) in [4.78, 5) is 68.8. The minimum atomic E-state index is -3.91. The number of allylic oxidation sites excluding steroid dienone is 1. The third-order valence-electron chi connectivity index (χ3n) is 11.6. The molecule has 17 heteroatoms. The molecule has 0 radical (unpaired) electrons. The number of pyridine rings is 1. The average Bonchev–Trinajstić information content (AvgIpc) is 4.00. The summed E-state index contributed by atoms with van der Waals surface area (Å²) in [5.41, 5.74) is 0.0132. The SMILES string of the molecule is COc1ccc2c(OC3C[C@H]4C(=O)N[C@]5(C(=O)NS(=O)(=O)C6CC6)C[C@@H]5/C=C\CCCCC[C@H](NC(=O)OC(C)(C)C)C(=O)N4C3)cc(-c3nc4c(s3)CCC4)nc2c1. The van der Waals surface area contributed by atoms with Gasteiger partial charge in [-0.15, -0.1) is 11.3 Å². The third kappa shape index (κ3) is 8.91. The van der Waals surface area contributed by atoms with Gasteiger partial charge in [-0.05, 0) is 90.7 Å². The molecule has 2 saturated carbocycles. The fourth-order valence-corrected chi connectivity index (χ4v) is 10.8. The van der Waals surface area contributed by atoms with Crippen molar-refractivity contribution in [3.63, 3.8) is 0 Å². The number of fused-ring (bicyclic) bond motifs is 4. The quantitative estimate of drug-likeness (QED) is 0.255. The molecule has 3 N–H and O–H groups in total. The summed E-state index contributed by atoms with van der Waals surface area (Å²) >= 11 is 1.61. The first-order chi connectivity index (χ1) is 28.1. The summed E-state index contributed by atoms with van der Waals surface area (Å²) in [6, 6.07) is 5.20. The van der Waals surface area contributed by atoms with E-state index in [1.54, 1.807) is 39.2 Å². The van der Waals surface area contributed by atoms with Crippen molar-refractivity contribution in [2.75, 3.05) is 13.7 Å². The van der Waals surface area contributed by atoms with E-state index in [2.05, 4.69) is 15.4 Å². The van der Waals surface area contributed by atoms with Crippen LogP contribution in [0.15, 0.2) is 36.4 Å². The number of alkyl carbamates (subject to hydrolysis) is 1. The van der Waals surface area contributed by atoms with Gasteiger partial charge in [-0.1, -0.05) is 25.0 Å². The highest BCUT2D eigenvalue weighted by atomic mass is 32.2. The Balaban J connectivity index is 1.13. The van der Waals surface area contributed by atoms with Crippen molar-refractivity contribution >= 4 is 56.1 Å². The second-order valence-corrected chi connectivity index (χ2v) is 20.4. The molecule has 8 rings (SSSR count). The molecule has 3 aromatic rings. The van der Waals surface area contributed by atoms with Crippen LogP contribution in [0.1, 0.15) is 95.6 Å². The molecule has 5 atom stereocenters. The largest absolute Gasteiger partial charge is 0.497 e. The smallest absolute Gasteiger partial charge is 0.408 e. The molecule has 0 bridgehead atoms. The van der Waals surface area contributed by atoms with Crippen LogP contribution in [-0.2, 0) is 42.0 Å². The summed E-state index contributed by atoms with van der Waals surface area (Å²) in [7, 11) is -2.32. The Bertz CT molecular complexity index is 2280. The zero-order chi connectivity index (χ0) is 41.7. The van der Waals surface area contributed by atoms with Gasteiger partial charge >= 0.3 is 6.09 Å². The molecule has 15 nitrogen and oxygen atoms in total. The van der Waals surface area contributed by atoms with Crippen molar-refractivity contribution in [2.24, 2.45) is 5.92 Å². The molecule has 3 aliphatic carbocycles. The number of methoxy groups -OCH3 is 1. The van der Waals surface area contributed by atoms with Gasteiger partial charge in [0.15, 0.2) is 0 Å². The molecular formula is C42H52N6O9S2. The topological polar surface area (TPSA) is 195 Å². The highest BCUT2D eigenvalue weighted by Gasteiger charge is 2.62. The molecule has 59 heavy (non-hydrogen) atoms. The number of nitrogens with zero attached hydrogens (tertiary/aromatic N) is 3. The number of carbonyl (C=O) groups excluding carboxylic acids is 4. The molecule has 1 saturated heterocycles. The maximum Gasteiger partial charge on any atom is 0.408 e. The lowest BCUT2D eigenvalue weighted by Gasteiger charge is -2.30. The number of benzene rings is 1. The summed E-state index contributed by atoms with van der Waals surface area (Å²) in [6.45, 7) is 5.20. The van der Waals surface area contributed by atoms with E-state index in [1.807, 2.05) is 36.4 Å². The summed E-state index contributed by atoms with van der Waals surface area (Å²) in [5, 5.41) is 6.53. The minimum Gasteiger partial charge on any atom is -0.497 e. The monoisotopic (exact) mass is 848 g/mol. The van der Waals surface area contributed by atoms with Crippen LogP contribution in [0.5, 0.6) is 11.5 Å². The van der Waals surface area contributed by atoms with Crippen LogP contribution in [-0.4, -0.2) is 95.3 Å². The molecule has 2 aliphatic heterocycles. The Labute approximate surface area is 348 Å². The molecule has 4 amide bonds. The van der Waals surface area contributed by atoms with Crippen LogP contribution in [0, 0.1) is 5.92 Å². The number of rotatable bonds is 8. The van der Waals surface area contributed by atoms with E-state index in [0.717, 1.165) is 42.8 Å². The van der Waals surface area contributed by atoms with Crippen LogP contribution in [0.4, 0.5) is 4.79 Å². The Morgan fingerprint density at radius 1 is 1.03 bits per heavy atom. The molecule has 5 aliphatic rings. The third-order valence-corrected chi connectivity index (χ3v) is 14.6. The van der Waals surface area contributed by atoms with Gasteiger partial charge < -0.3 is 29.7 Å². The first-order valence-corrected chi connectivity index (χ1v) is 23.0.